The Balaban J connectivity index is 4.28. The minimum atomic E-state index is -1.03. The molecule has 13 heavy (non-hydrogen) atoms. The van der Waals surface area contributed by atoms with Crippen LogP contribution in [0.4, 0.5) is 0 Å². The van der Waals surface area contributed by atoms with Crippen molar-refractivity contribution in [3.05, 3.63) is 0 Å². The van der Waals surface area contributed by atoms with Crippen molar-refractivity contribution in [2.24, 2.45) is 0 Å². The van der Waals surface area contributed by atoms with E-state index in [1.807, 2.05) is 0 Å². The minimum Gasteiger partial charge on any atom is -0.480 e. The Hall–Kier alpha value is -0.940. The van der Waals surface area contributed by atoms with Gasteiger partial charge in [0.15, 0.2) is 0 Å². The van der Waals surface area contributed by atoms with E-state index in [-0.39, 0.29) is 19.6 Å². The van der Waals surface area contributed by atoms with Crippen LogP contribution in [-0.4, -0.2) is 53.1 Å². The lowest BCUT2D eigenvalue weighted by molar-refractivity contribution is -0.144. The average Bonchev–Trinajstić information content (AvgIpc) is 2.10. The van der Waals surface area contributed by atoms with Crippen LogP contribution in [0.3, 0.4) is 0 Å². The van der Waals surface area contributed by atoms with Crippen molar-refractivity contribution in [2.45, 2.75) is 19.4 Å². The Bertz CT molecular complexity index is 172. The average molecular weight is 189 g/mol. The van der Waals surface area contributed by atoms with Gasteiger partial charge in [-0.05, 0) is 6.54 Å². The quantitative estimate of drug-likeness (QED) is 0.520. The van der Waals surface area contributed by atoms with Gasteiger partial charge in [0.2, 0.25) is 0 Å². The number of likely N-dealkylation sites (N-methyl/N-ethyl adjacent to an activating group) is 1. The molecule has 1 atom stereocenters. The van der Waals surface area contributed by atoms with Crippen LogP contribution in [0.1, 0.15) is 13.3 Å². The van der Waals surface area contributed by atoms with Gasteiger partial charge in [0.05, 0.1) is 6.61 Å². The number of rotatable bonds is 7. The zero-order valence-corrected chi connectivity index (χ0v) is 7.64. The molecule has 5 nitrogen and oxygen atoms in total. The van der Waals surface area contributed by atoms with Crippen LogP contribution < -0.4 is 0 Å². The van der Waals surface area contributed by atoms with Gasteiger partial charge in [-0.2, -0.15) is 0 Å². The number of carboxylic acid groups (broad SMARTS) is 1. The molecule has 0 saturated carbocycles. The highest BCUT2D eigenvalue weighted by Gasteiger charge is 2.23. The molecule has 76 valence electrons. The Morgan fingerprint density at radius 2 is 2.23 bits per heavy atom. The molecule has 0 aliphatic heterocycles. The van der Waals surface area contributed by atoms with Gasteiger partial charge < -0.3 is 15.0 Å². The molecule has 0 bridgehead atoms. The van der Waals surface area contributed by atoms with Crippen LogP contribution in [-0.2, 0) is 9.59 Å². The first kappa shape index (κ1) is 12.1. The van der Waals surface area contributed by atoms with E-state index in [1.54, 1.807) is 11.8 Å². The minimum absolute atomic E-state index is 0.0385. The number of hydrogen-bond acceptors (Lipinski definition) is 4. The van der Waals surface area contributed by atoms with E-state index in [4.69, 9.17) is 10.2 Å². The van der Waals surface area contributed by atoms with Gasteiger partial charge in [-0.1, -0.05) is 6.92 Å². The highest BCUT2D eigenvalue weighted by molar-refractivity contribution is 5.76. The zero-order valence-electron chi connectivity index (χ0n) is 7.64. The van der Waals surface area contributed by atoms with Crippen LogP contribution in [0, 0.1) is 0 Å². The van der Waals surface area contributed by atoms with Crippen molar-refractivity contribution in [2.75, 3.05) is 19.7 Å². The molecule has 0 aromatic carbocycles. The largest absolute Gasteiger partial charge is 0.480 e. The van der Waals surface area contributed by atoms with Crippen molar-refractivity contribution in [3.8, 4) is 0 Å². The van der Waals surface area contributed by atoms with Gasteiger partial charge in [0, 0.05) is 13.0 Å². The number of aliphatic carboxylic acids is 1. The fourth-order valence-corrected chi connectivity index (χ4v) is 1.16. The molecule has 0 radical (unpaired) electrons. The molecule has 0 heterocycles. The second kappa shape index (κ2) is 6.56. The number of aliphatic hydroxyl groups is 1. The van der Waals surface area contributed by atoms with Gasteiger partial charge >= 0.3 is 5.97 Å². The Kier molecular flexibility index (Phi) is 6.09. The maximum Gasteiger partial charge on any atom is 0.321 e. The molecule has 0 fully saturated rings. The number of hydrogen-bond donors (Lipinski definition) is 2. The summed E-state index contributed by atoms with van der Waals surface area (Å²) in [5.74, 6) is -1.03. The van der Waals surface area contributed by atoms with Crippen LogP contribution >= 0.6 is 0 Å². The lowest BCUT2D eigenvalue weighted by Gasteiger charge is -2.24. The van der Waals surface area contributed by atoms with Gasteiger partial charge in [0.1, 0.15) is 12.3 Å². The van der Waals surface area contributed by atoms with E-state index in [2.05, 4.69) is 0 Å². The maximum absolute atomic E-state index is 10.7. The summed E-state index contributed by atoms with van der Waals surface area (Å²) in [5, 5.41) is 17.4. The molecule has 1 unspecified atom stereocenters. The van der Waals surface area contributed by atoms with E-state index < -0.39 is 12.0 Å². The zero-order chi connectivity index (χ0) is 10.3. The summed E-state index contributed by atoms with van der Waals surface area (Å²) in [6.45, 7) is 2.47. The highest BCUT2D eigenvalue weighted by atomic mass is 16.4. The van der Waals surface area contributed by atoms with Crippen LogP contribution in [0.2, 0.25) is 0 Å². The van der Waals surface area contributed by atoms with E-state index in [0.717, 1.165) is 0 Å². The first-order valence-corrected chi connectivity index (χ1v) is 4.18. The molecule has 0 spiro atoms. The van der Waals surface area contributed by atoms with Crippen molar-refractivity contribution in [1.82, 2.24) is 4.90 Å². The van der Waals surface area contributed by atoms with Crippen molar-refractivity contribution >= 4 is 12.3 Å². The molecule has 5 heteroatoms. The molecular formula is C8H15NO4. The molecule has 0 amide bonds. The van der Waals surface area contributed by atoms with Crippen molar-refractivity contribution in [3.63, 3.8) is 0 Å². The Morgan fingerprint density at radius 1 is 1.62 bits per heavy atom. The molecule has 2 N–H and O–H groups in total. The molecule has 0 aliphatic rings. The number of aliphatic hydroxyl groups excluding tert-OH is 1. The third kappa shape index (κ3) is 4.00. The number of carbonyl (C=O) groups is 2. The Labute approximate surface area is 77.0 Å². The van der Waals surface area contributed by atoms with E-state index >= 15 is 0 Å². The predicted octanol–water partition coefficient (Wildman–Crippen LogP) is -0.657. The fourth-order valence-electron chi connectivity index (χ4n) is 1.16. The second-order valence-corrected chi connectivity index (χ2v) is 2.61. The van der Waals surface area contributed by atoms with Gasteiger partial charge in [-0.15, -0.1) is 0 Å². The summed E-state index contributed by atoms with van der Waals surface area (Å²) in [7, 11) is 0. The molecule has 0 aromatic heterocycles. The third-order valence-corrected chi connectivity index (χ3v) is 1.84. The summed E-state index contributed by atoms with van der Waals surface area (Å²) in [4.78, 5) is 22.4. The van der Waals surface area contributed by atoms with Crippen LogP contribution in [0.15, 0.2) is 0 Å². The van der Waals surface area contributed by atoms with Crippen LogP contribution in [0.5, 0.6) is 0 Å². The van der Waals surface area contributed by atoms with Gasteiger partial charge in [-0.3, -0.25) is 9.69 Å². The number of nitrogens with zero attached hydrogens (tertiary/aromatic N) is 1. The first-order chi connectivity index (χ1) is 6.17. The van der Waals surface area contributed by atoms with Crippen molar-refractivity contribution < 1.29 is 19.8 Å². The summed E-state index contributed by atoms with van der Waals surface area (Å²) in [5.41, 5.74) is 0. The Morgan fingerprint density at radius 3 is 2.54 bits per heavy atom. The third-order valence-electron chi connectivity index (χ3n) is 1.84. The molecule has 0 saturated heterocycles. The highest BCUT2D eigenvalue weighted by Crippen LogP contribution is 2.02. The van der Waals surface area contributed by atoms with E-state index in [9.17, 15) is 9.59 Å². The molecule has 0 rings (SSSR count). The number of aldehydes is 1. The van der Waals surface area contributed by atoms with E-state index in [0.29, 0.717) is 12.8 Å². The predicted molar refractivity (Wildman–Crippen MR) is 46.4 cm³/mol. The van der Waals surface area contributed by atoms with E-state index in [1.165, 1.54) is 0 Å². The molecule has 0 aromatic rings. The monoisotopic (exact) mass is 189 g/mol. The summed E-state index contributed by atoms with van der Waals surface area (Å²) < 4.78 is 0. The number of carbonyl (C=O) groups excluding carboxylic acids is 1. The van der Waals surface area contributed by atoms with Gasteiger partial charge in [-0.25, -0.2) is 0 Å². The maximum atomic E-state index is 10.7. The summed E-state index contributed by atoms with van der Waals surface area (Å²) in [6, 6.07) is -0.811. The van der Waals surface area contributed by atoms with Crippen LogP contribution in [0.25, 0.3) is 0 Å². The second-order valence-electron chi connectivity index (χ2n) is 2.61. The fraction of sp³-hybridized carbons (Fsp3) is 0.750. The summed E-state index contributed by atoms with van der Waals surface area (Å²) in [6.07, 6.45) is 0.544. The standard InChI is InChI=1S/C8H15NO4/c1-2-9(4-6-11)7(3-5-10)8(12)13/h5,7,11H,2-4,6H2,1H3,(H,12,13). The molecular weight excluding hydrogens is 174 g/mol. The number of carboxylic acids is 1. The molecule has 0 aliphatic carbocycles. The first-order valence-electron chi connectivity index (χ1n) is 4.18. The topological polar surface area (TPSA) is 77.8 Å². The smallest absolute Gasteiger partial charge is 0.321 e. The summed E-state index contributed by atoms with van der Waals surface area (Å²) >= 11 is 0. The van der Waals surface area contributed by atoms with Gasteiger partial charge in [0.25, 0.3) is 0 Å². The lowest BCUT2D eigenvalue weighted by Crippen LogP contribution is -2.42. The normalized spacial score (nSPS) is 12.8. The lowest BCUT2D eigenvalue weighted by atomic mass is 10.2. The van der Waals surface area contributed by atoms with Crippen molar-refractivity contribution in [1.29, 1.82) is 0 Å². The SMILES string of the molecule is CCN(CCO)C(CC=O)C(=O)O.